The van der Waals surface area contributed by atoms with E-state index in [2.05, 4.69) is 4.90 Å². The van der Waals surface area contributed by atoms with Crippen molar-refractivity contribution in [3.8, 4) is 11.5 Å². The van der Waals surface area contributed by atoms with Gasteiger partial charge in [0.1, 0.15) is 5.82 Å². The number of benzene rings is 2. The standard InChI is InChI=1S/C25H31FN2O3/c1-30-23-10-9-19(14-24(23)31-2)25(29)28-16-20(15-27-11-4-3-5-12-27)22(17-28)18-7-6-8-21(26)13-18/h6-10,13-14,20,22H,3-5,11-12,15-17H2,1-2H3. The molecule has 2 aliphatic heterocycles. The van der Waals surface area contributed by atoms with E-state index in [4.69, 9.17) is 9.47 Å². The van der Waals surface area contributed by atoms with Crippen LogP contribution in [-0.4, -0.2) is 62.7 Å². The number of hydrogen-bond donors (Lipinski definition) is 0. The summed E-state index contributed by atoms with van der Waals surface area (Å²) in [5.74, 6) is 1.30. The number of methoxy groups -OCH3 is 2. The van der Waals surface area contributed by atoms with Gasteiger partial charge >= 0.3 is 0 Å². The van der Waals surface area contributed by atoms with Crippen LogP contribution in [0.3, 0.4) is 0 Å². The number of piperidine rings is 1. The molecule has 2 aromatic carbocycles. The van der Waals surface area contributed by atoms with Crippen LogP contribution in [0.4, 0.5) is 4.39 Å². The van der Waals surface area contributed by atoms with Crippen LogP contribution in [0.15, 0.2) is 42.5 Å². The molecule has 0 aliphatic carbocycles. The summed E-state index contributed by atoms with van der Waals surface area (Å²) in [6.07, 6.45) is 3.75. The van der Waals surface area contributed by atoms with E-state index in [-0.39, 0.29) is 23.6 Å². The van der Waals surface area contributed by atoms with E-state index >= 15 is 0 Å². The Morgan fingerprint density at radius 1 is 1.00 bits per heavy atom. The number of nitrogens with zero attached hydrogens (tertiary/aromatic N) is 2. The predicted octanol–water partition coefficient (Wildman–Crippen LogP) is 4.18. The lowest BCUT2D eigenvalue weighted by Gasteiger charge is -2.31. The Labute approximate surface area is 183 Å². The third kappa shape index (κ3) is 4.85. The lowest BCUT2D eigenvalue weighted by molar-refractivity contribution is 0.0781. The molecule has 5 nitrogen and oxygen atoms in total. The first-order valence-electron chi connectivity index (χ1n) is 11.1. The molecule has 0 saturated carbocycles. The van der Waals surface area contributed by atoms with E-state index in [9.17, 15) is 9.18 Å². The van der Waals surface area contributed by atoms with Crippen molar-refractivity contribution < 1.29 is 18.7 Å². The normalized spacial score (nSPS) is 21.8. The molecule has 0 spiro atoms. The Hall–Kier alpha value is -2.60. The molecule has 2 aliphatic rings. The Morgan fingerprint density at radius 2 is 1.77 bits per heavy atom. The topological polar surface area (TPSA) is 42.0 Å². The highest BCUT2D eigenvalue weighted by Gasteiger charge is 2.37. The molecule has 2 atom stereocenters. The monoisotopic (exact) mass is 426 g/mol. The van der Waals surface area contributed by atoms with Gasteiger partial charge in [0.2, 0.25) is 0 Å². The summed E-state index contributed by atoms with van der Waals surface area (Å²) in [6, 6.07) is 12.1. The number of carbonyl (C=O) groups is 1. The Balaban J connectivity index is 1.56. The molecule has 2 fully saturated rings. The van der Waals surface area contributed by atoms with Crippen molar-refractivity contribution in [2.45, 2.75) is 25.2 Å². The van der Waals surface area contributed by atoms with Crippen molar-refractivity contribution in [1.29, 1.82) is 0 Å². The molecule has 2 aromatic rings. The van der Waals surface area contributed by atoms with Crippen molar-refractivity contribution in [2.24, 2.45) is 5.92 Å². The maximum absolute atomic E-state index is 14.0. The Kier molecular flexibility index (Phi) is 6.76. The van der Waals surface area contributed by atoms with Gasteiger partial charge in [0.15, 0.2) is 11.5 Å². The fraction of sp³-hybridized carbons (Fsp3) is 0.480. The second-order valence-corrected chi connectivity index (χ2v) is 8.56. The lowest BCUT2D eigenvalue weighted by Crippen LogP contribution is -2.36. The van der Waals surface area contributed by atoms with E-state index in [1.807, 2.05) is 11.0 Å². The summed E-state index contributed by atoms with van der Waals surface area (Å²) in [6.45, 7) is 4.42. The van der Waals surface area contributed by atoms with Gasteiger partial charge in [-0.3, -0.25) is 4.79 Å². The van der Waals surface area contributed by atoms with Crippen LogP contribution in [0, 0.1) is 11.7 Å². The van der Waals surface area contributed by atoms with E-state index in [1.165, 1.54) is 25.3 Å². The van der Waals surface area contributed by atoms with Crippen molar-refractivity contribution >= 4 is 5.91 Å². The summed E-state index contributed by atoms with van der Waals surface area (Å²) in [7, 11) is 3.14. The molecule has 4 rings (SSSR count). The van der Waals surface area contributed by atoms with Crippen molar-refractivity contribution in [1.82, 2.24) is 9.80 Å². The lowest BCUT2D eigenvalue weighted by atomic mass is 9.88. The third-order valence-corrected chi connectivity index (χ3v) is 6.58. The van der Waals surface area contributed by atoms with E-state index in [1.54, 1.807) is 44.6 Å². The smallest absolute Gasteiger partial charge is 0.254 e. The Morgan fingerprint density at radius 3 is 2.48 bits per heavy atom. The largest absolute Gasteiger partial charge is 0.493 e. The van der Waals surface area contributed by atoms with Crippen molar-refractivity contribution in [3.63, 3.8) is 0 Å². The minimum absolute atomic E-state index is 0.0245. The molecule has 166 valence electrons. The van der Waals surface area contributed by atoms with Crippen LogP contribution >= 0.6 is 0 Å². The van der Waals surface area contributed by atoms with Crippen LogP contribution in [0.25, 0.3) is 0 Å². The van der Waals surface area contributed by atoms with Gasteiger partial charge in [0.05, 0.1) is 14.2 Å². The van der Waals surface area contributed by atoms with Gasteiger partial charge in [-0.15, -0.1) is 0 Å². The first-order chi connectivity index (χ1) is 15.1. The fourth-order valence-electron chi connectivity index (χ4n) is 4.96. The first kappa shape index (κ1) is 21.6. The van der Waals surface area contributed by atoms with Crippen molar-refractivity contribution in [3.05, 3.63) is 59.4 Å². The number of likely N-dealkylation sites (tertiary alicyclic amines) is 2. The molecule has 2 unspecified atom stereocenters. The minimum Gasteiger partial charge on any atom is -0.493 e. The molecule has 0 aromatic heterocycles. The molecule has 6 heteroatoms. The van der Waals surface area contributed by atoms with Crippen LogP contribution < -0.4 is 9.47 Å². The van der Waals surface area contributed by atoms with Crippen LogP contribution in [0.1, 0.15) is 41.1 Å². The van der Waals surface area contributed by atoms with Gasteiger partial charge in [-0.25, -0.2) is 4.39 Å². The minimum atomic E-state index is -0.223. The quantitative estimate of drug-likeness (QED) is 0.695. The Bertz CT molecular complexity index is 913. The number of halogens is 1. The zero-order chi connectivity index (χ0) is 21.8. The molecule has 0 bridgehead atoms. The van der Waals surface area contributed by atoms with Crippen molar-refractivity contribution in [2.75, 3.05) is 46.9 Å². The fourth-order valence-corrected chi connectivity index (χ4v) is 4.96. The second-order valence-electron chi connectivity index (χ2n) is 8.56. The van der Waals surface area contributed by atoms with Gasteiger partial charge < -0.3 is 19.3 Å². The number of ether oxygens (including phenoxy) is 2. The van der Waals surface area contributed by atoms with Crippen LogP contribution in [0.5, 0.6) is 11.5 Å². The number of amides is 1. The maximum atomic E-state index is 14.0. The highest BCUT2D eigenvalue weighted by molar-refractivity contribution is 5.95. The molecule has 31 heavy (non-hydrogen) atoms. The molecular formula is C25H31FN2O3. The highest BCUT2D eigenvalue weighted by atomic mass is 19.1. The number of carbonyl (C=O) groups excluding carboxylic acids is 1. The summed E-state index contributed by atoms with van der Waals surface area (Å²) >= 11 is 0. The van der Waals surface area contributed by atoms with Gasteiger partial charge in [0.25, 0.3) is 5.91 Å². The van der Waals surface area contributed by atoms with E-state index in [0.29, 0.717) is 30.2 Å². The first-order valence-corrected chi connectivity index (χ1v) is 11.1. The number of rotatable bonds is 6. The molecule has 2 saturated heterocycles. The predicted molar refractivity (Wildman–Crippen MR) is 118 cm³/mol. The second kappa shape index (κ2) is 9.69. The molecule has 1 amide bonds. The molecule has 0 N–H and O–H groups in total. The van der Waals surface area contributed by atoms with E-state index in [0.717, 1.165) is 25.2 Å². The summed E-state index contributed by atoms with van der Waals surface area (Å²) in [5, 5.41) is 0. The van der Waals surface area contributed by atoms with Gasteiger partial charge in [0, 0.05) is 31.1 Å². The summed E-state index contributed by atoms with van der Waals surface area (Å²) in [4.78, 5) is 17.8. The van der Waals surface area contributed by atoms with Gasteiger partial charge in [-0.05, 0) is 67.7 Å². The molecular weight excluding hydrogens is 395 g/mol. The van der Waals surface area contributed by atoms with Crippen LogP contribution in [-0.2, 0) is 0 Å². The average Bonchev–Trinajstić information content (AvgIpc) is 3.22. The SMILES string of the molecule is COc1ccc(C(=O)N2CC(CN3CCCCC3)C(c3cccc(F)c3)C2)cc1OC. The molecule has 2 heterocycles. The zero-order valence-electron chi connectivity index (χ0n) is 18.4. The highest BCUT2D eigenvalue weighted by Crippen LogP contribution is 2.36. The number of hydrogen-bond acceptors (Lipinski definition) is 4. The zero-order valence-corrected chi connectivity index (χ0v) is 18.4. The van der Waals surface area contributed by atoms with E-state index < -0.39 is 0 Å². The van der Waals surface area contributed by atoms with Gasteiger partial charge in [-0.2, -0.15) is 0 Å². The third-order valence-electron chi connectivity index (χ3n) is 6.58. The summed E-state index contributed by atoms with van der Waals surface area (Å²) in [5.41, 5.74) is 1.55. The van der Waals surface area contributed by atoms with Crippen LogP contribution in [0.2, 0.25) is 0 Å². The average molecular weight is 427 g/mol. The van der Waals surface area contributed by atoms with Gasteiger partial charge in [-0.1, -0.05) is 18.6 Å². The summed E-state index contributed by atoms with van der Waals surface area (Å²) < 4.78 is 24.6. The molecule has 0 radical (unpaired) electrons. The maximum Gasteiger partial charge on any atom is 0.254 e.